The van der Waals surface area contributed by atoms with E-state index in [0.717, 1.165) is 30.4 Å². The molecule has 1 aliphatic heterocycles. The normalized spacial score (nSPS) is 16.3. The summed E-state index contributed by atoms with van der Waals surface area (Å²) in [6.45, 7) is 0.854. The molecule has 2 amide bonds. The fraction of sp³-hybridized carbons (Fsp3) is 0.364. The molecular formula is C22H25ClN2O4. The van der Waals surface area contributed by atoms with Crippen molar-refractivity contribution in [3.8, 4) is 0 Å². The summed E-state index contributed by atoms with van der Waals surface area (Å²) in [4.78, 5) is 26.3. The van der Waals surface area contributed by atoms with Crippen molar-refractivity contribution in [2.45, 2.75) is 38.3 Å². The summed E-state index contributed by atoms with van der Waals surface area (Å²) in [6.07, 6.45) is 2.59. The number of carbonyl (C=O) groups excluding carboxylic acids is 2. The van der Waals surface area contributed by atoms with Crippen LogP contribution in [0.3, 0.4) is 0 Å². The maximum Gasteiger partial charge on any atom is 0.411 e. The van der Waals surface area contributed by atoms with Crippen LogP contribution in [0.2, 0.25) is 5.02 Å². The summed E-state index contributed by atoms with van der Waals surface area (Å²) < 4.78 is 5.19. The van der Waals surface area contributed by atoms with E-state index in [2.05, 4.69) is 5.32 Å². The SMILES string of the molecule is O=C(Nc1ccc(CC(=O)N2CCCC[C@H]2CO)cc1)OCc1ccc(Cl)cc1. The Kier molecular flexibility index (Phi) is 7.49. The number of anilines is 1. The Hall–Kier alpha value is -2.57. The molecule has 1 fully saturated rings. The summed E-state index contributed by atoms with van der Waals surface area (Å²) in [5, 5.41) is 12.8. The van der Waals surface area contributed by atoms with Crippen LogP contribution in [0.4, 0.5) is 10.5 Å². The van der Waals surface area contributed by atoms with E-state index in [1.807, 2.05) is 12.1 Å². The highest BCUT2D eigenvalue weighted by atomic mass is 35.5. The number of ether oxygens (including phenoxy) is 1. The number of nitrogens with one attached hydrogen (secondary N) is 1. The van der Waals surface area contributed by atoms with Crippen molar-refractivity contribution in [3.63, 3.8) is 0 Å². The van der Waals surface area contributed by atoms with Crippen molar-refractivity contribution in [1.29, 1.82) is 0 Å². The maximum atomic E-state index is 12.6. The van der Waals surface area contributed by atoms with Crippen LogP contribution in [0.1, 0.15) is 30.4 Å². The number of rotatable bonds is 6. The number of likely N-dealkylation sites (tertiary alicyclic amines) is 1. The Morgan fingerprint density at radius 2 is 1.76 bits per heavy atom. The standard InChI is InChI=1S/C22H25ClN2O4/c23-18-8-4-17(5-9-18)15-29-22(28)24-19-10-6-16(7-11-19)13-21(27)25-12-2-1-3-20(25)14-26/h4-11,20,26H,1-3,12-15H2,(H,24,28)/t20-/m0/s1. The van der Waals surface area contributed by atoms with Gasteiger partial charge in [0.05, 0.1) is 19.1 Å². The Labute approximate surface area is 175 Å². The molecule has 0 bridgehead atoms. The minimum atomic E-state index is -0.553. The number of hydrogen-bond donors (Lipinski definition) is 2. The molecule has 0 unspecified atom stereocenters. The molecule has 6 nitrogen and oxygen atoms in total. The van der Waals surface area contributed by atoms with Gasteiger partial charge in [-0.15, -0.1) is 0 Å². The zero-order valence-corrected chi connectivity index (χ0v) is 16.9. The van der Waals surface area contributed by atoms with E-state index < -0.39 is 6.09 Å². The zero-order valence-electron chi connectivity index (χ0n) is 16.1. The molecule has 2 aromatic carbocycles. The highest BCUT2D eigenvalue weighted by Crippen LogP contribution is 2.19. The first kappa shape index (κ1) is 21.1. The van der Waals surface area contributed by atoms with Gasteiger partial charge in [-0.25, -0.2) is 4.79 Å². The van der Waals surface area contributed by atoms with E-state index >= 15 is 0 Å². The van der Waals surface area contributed by atoms with Gasteiger partial charge in [-0.2, -0.15) is 0 Å². The second-order valence-electron chi connectivity index (χ2n) is 7.12. The van der Waals surface area contributed by atoms with Gasteiger partial charge in [0.25, 0.3) is 0 Å². The van der Waals surface area contributed by atoms with Crippen LogP contribution < -0.4 is 5.32 Å². The molecule has 154 valence electrons. The fourth-order valence-electron chi connectivity index (χ4n) is 3.38. The molecule has 1 saturated heterocycles. The number of benzene rings is 2. The maximum absolute atomic E-state index is 12.6. The number of piperidine rings is 1. The van der Waals surface area contributed by atoms with Crippen molar-refractivity contribution in [1.82, 2.24) is 4.90 Å². The molecule has 7 heteroatoms. The van der Waals surface area contributed by atoms with E-state index in [4.69, 9.17) is 16.3 Å². The lowest BCUT2D eigenvalue weighted by atomic mass is 10.0. The topological polar surface area (TPSA) is 78.9 Å². The van der Waals surface area contributed by atoms with E-state index in [1.54, 1.807) is 41.3 Å². The molecule has 0 aromatic heterocycles. The second-order valence-corrected chi connectivity index (χ2v) is 7.56. The van der Waals surface area contributed by atoms with Crippen molar-refractivity contribution in [3.05, 3.63) is 64.7 Å². The van der Waals surface area contributed by atoms with Gasteiger partial charge in [0.1, 0.15) is 6.61 Å². The first-order chi connectivity index (χ1) is 14.0. The highest BCUT2D eigenvalue weighted by Gasteiger charge is 2.25. The first-order valence-electron chi connectivity index (χ1n) is 9.72. The Balaban J connectivity index is 1.48. The Morgan fingerprint density at radius 1 is 1.07 bits per heavy atom. The summed E-state index contributed by atoms with van der Waals surface area (Å²) in [5.74, 6) is 0.0202. The third-order valence-electron chi connectivity index (χ3n) is 5.00. The second kappa shape index (κ2) is 10.3. The van der Waals surface area contributed by atoms with Crippen molar-refractivity contribution < 1.29 is 19.4 Å². The van der Waals surface area contributed by atoms with Crippen LogP contribution in [-0.4, -0.2) is 41.2 Å². The molecule has 29 heavy (non-hydrogen) atoms. The van der Waals surface area contributed by atoms with Gasteiger partial charge in [-0.3, -0.25) is 10.1 Å². The number of carbonyl (C=O) groups is 2. The monoisotopic (exact) mass is 416 g/mol. The lowest BCUT2D eigenvalue weighted by Gasteiger charge is -2.34. The Morgan fingerprint density at radius 3 is 2.45 bits per heavy atom. The predicted octanol–water partition coefficient (Wildman–Crippen LogP) is 4.00. The molecule has 0 spiro atoms. The molecule has 0 saturated carbocycles. The number of aliphatic hydroxyl groups is 1. The molecule has 3 rings (SSSR count). The van der Waals surface area contributed by atoms with Crippen LogP contribution >= 0.6 is 11.6 Å². The van der Waals surface area contributed by atoms with Crippen molar-refractivity contribution >= 4 is 29.3 Å². The van der Waals surface area contributed by atoms with Gasteiger partial charge in [-0.1, -0.05) is 35.9 Å². The largest absolute Gasteiger partial charge is 0.444 e. The van der Waals surface area contributed by atoms with Gasteiger partial charge in [0, 0.05) is 17.3 Å². The Bertz CT molecular complexity index is 824. The summed E-state index contributed by atoms with van der Waals surface area (Å²) in [7, 11) is 0. The smallest absolute Gasteiger partial charge is 0.411 e. The minimum Gasteiger partial charge on any atom is -0.444 e. The van der Waals surface area contributed by atoms with E-state index in [9.17, 15) is 14.7 Å². The quantitative estimate of drug-likeness (QED) is 0.745. The van der Waals surface area contributed by atoms with E-state index in [0.29, 0.717) is 17.3 Å². The first-order valence-corrected chi connectivity index (χ1v) is 10.1. The fourth-order valence-corrected chi connectivity index (χ4v) is 3.51. The number of halogens is 1. The summed E-state index contributed by atoms with van der Waals surface area (Å²) in [5.41, 5.74) is 2.29. The number of aliphatic hydroxyl groups excluding tert-OH is 1. The average Bonchev–Trinajstić information content (AvgIpc) is 2.74. The third kappa shape index (κ3) is 6.21. The zero-order chi connectivity index (χ0) is 20.6. The number of hydrogen-bond acceptors (Lipinski definition) is 4. The van der Waals surface area contributed by atoms with Gasteiger partial charge in [-0.05, 0) is 54.7 Å². The molecule has 0 radical (unpaired) electrons. The number of amides is 2. The lowest BCUT2D eigenvalue weighted by Crippen LogP contribution is -2.46. The predicted molar refractivity (Wildman–Crippen MR) is 112 cm³/mol. The van der Waals surface area contributed by atoms with Crippen LogP contribution in [0, 0.1) is 0 Å². The van der Waals surface area contributed by atoms with Gasteiger partial charge < -0.3 is 14.7 Å². The van der Waals surface area contributed by atoms with Crippen LogP contribution in [0.5, 0.6) is 0 Å². The summed E-state index contributed by atoms with van der Waals surface area (Å²) >= 11 is 5.83. The molecule has 2 aromatic rings. The summed E-state index contributed by atoms with van der Waals surface area (Å²) in [6, 6.07) is 14.1. The van der Waals surface area contributed by atoms with Crippen molar-refractivity contribution in [2.75, 3.05) is 18.5 Å². The van der Waals surface area contributed by atoms with Crippen LogP contribution in [0.15, 0.2) is 48.5 Å². The van der Waals surface area contributed by atoms with Gasteiger partial charge in [0.2, 0.25) is 5.91 Å². The van der Waals surface area contributed by atoms with Gasteiger partial charge >= 0.3 is 6.09 Å². The lowest BCUT2D eigenvalue weighted by molar-refractivity contribution is -0.135. The highest BCUT2D eigenvalue weighted by molar-refractivity contribution is 6.30. The minimum absolute atomic E-state index is 0.00668. The molecule has 1 aliphatic rings. The van der Waals surface area contributed by atoms with Crippen molar-refractivity contribution in [2.24, 2.45) is 0 Å². The molecule has 2 N–H and O–H groups in total. The average molecular weight is 417 g/mol. The van der Waals surface area contributed by atoms with E-state index in [-0.39, 0.29) is 31.6 Å². The molecular weight excluding hydrogens is 392 g/mol. The molecule has 1 atom stereocenters. The molecule has 1 heterocycles. The number of nitrogens with zero attached hydrogens (tertiary/aromatic N) is 1. The molecule has 0 aliphatic carbocycles. The third-order valence-corrected chi connectivity index (χ3v) is 5.25. The van der Waals surface area contributed by atoms with Crippen LogP contribution in [0.25, 0.3) is 0 Å². The van der Waals surface area contributed by atoms with Gasteiger partial charge in [0.15, 0.2) is 0 Å². The van der Waals surface area contributed by atoms with E-state index in [1.165, 1.54) is 0 Å². The van der Waals surface area contributed by atoms with Crippen LogP contribution in [-0.2, 0) is 22.6 Å².